The summed E-state index contributed by atoms with van der Waals surface area (Å²) in [5, 5.41) is 5.74. The topological polar surface area (TPSA) is 120 Å². The summed E-state index contributed by atoms with van der Waals surface area (Å²) in [6.07, 6.45) is 1.50. The van der Waals surface area contributed by atoms with E-state index in [0.717, 1.165) is 0 Å². The van der Waals surface area contributed by atoms with Crippen molar-refractivity contribution in [2.24, 2.45) is 11.5 Å². The maximum atomic E-state index is 11.0. The molecule has 7 heteroatoms. The van der Waals surface area contributed by atoms with Crippen LogP contribution in [0.15, 0.2) is 6.20 Å². The molecule has 1 heterocycles. The van der Waals surface area contributed by atoms with Gasteiger partial charge in [-0.2, -0.15) is 0 Å². The van der Waals surface area contributed by atoms with E-state index in [4.69, 9.17) is 11.5 Å². The lowest BCUT2D eigenvalue weighted by molar-refractivity contribution is -0.365. The molecular formula is C8H15N6O+. The number of primary amides is 1. The molecule has 0 bridgehead atoms. The second-order valence-corrected chi connectivity index (χ2v) is 2.84. The third kappa shape index (κ3) is 2.78. The van der Waals surface area contributed by atoms with Crippen molar-refractivity contribution < 1.29 is 9.78 Å². The van der Waals surface area contributed by atoms with Gasteiger partial charge in [0.05, 0.1) is 12.7 Å². The Morgan fingerprint density at radius 1 is 1.67 bits per heavy atom. The minimum atomic E-state index is -0.534. The van der Waals surface area contributed by atoms with Gasteiger partial charge in [-0.15, -0.1) is 0 Å². The third-order valence-corrected chi connectivity index (χ3v) is 1.77. The summed E-state index contributed by atoms with van der Waals surface area (Å²) in [5.74, 6) is 0.434. The number of hydrogen-bond acceptors (Lipinski definition) is 5. The van der Waals surface area contributed by atoms with E-state index in [-0.39, 0.29) is 0 Å². The monoisotopic (exact) mass is 211 g/mol. The molecule has 1 aromatic rings. The summed E-state index contributed by atoms with van der Waals surface area (Å²) < 4.78 is 0. The van der Waals surface area contributed by atoms with E-state index < -0.39 is 5.91 Å². The van der Waals surface area contributed by atoms with Crippen LogP contribution in [0, 0.1) is 0 Å². The average Bonchev–Trinajstić information content (AvgIpc) is 2.25. The molecule has 0 aliphatic rings. The predicted molar refractivity (Wildman–Crippen MR) is 56.4 cm³/mol. The quantitative estimate of drug-likeness (QED) is 0.468. The number of nitrogens with two attached hydrogens (primary N) is 2. The molecule has 1 amide bonds. The van der Waals surface area contributed by atoms with Gasteiger partial charge < -0.3 is 16.8 Å². The fourth-order valence-corrected chi connectivity index (χ4v) is 1.07. The smallest absolute Gasteiger partial charge is 0.365 e. The Balaban J connectivity index is 2.92. The minimum Gasteiger partial charge on any atom is -0.365 e. The van der Waals surface area contributed by atoms with Crippen molar-refractivity contribution in [1.82, 2.24) is 4.98 Å². The van der Waals surface area contributed by atoms with Gasteiger partial charge in [0.25, 0.3) is 5.91 Å². The van der Waals surface area contributed by atoms with Crippen molar-refractivity contribution in [2.75, 3.05) is 30.8 Å². The molecule has 0 unspecified atom stereocenters. The van der Waals surface area contributed by atoms with Gasteiger partial charge in [0, 0.05) is 13.6 Å². The molecule has 0 saturated carbocycles. The van der Waals surface area contributed by atoms with Crippen LogP contribution in [0.2, 0.25) is 0 Å². The molecular weight excluding hydrogens is 196 g/mol. The number of anilines is 2. The molecule has 0 aliphatic heterocycles. The van der Waals surface area contributed by atoms with E-state index >= 15 is 0 Å². The Hall–Kier alpha value is -1.89. The van der Waals surface area contributed by atoms with Gasteiger partial charge in [-0.05, 0) is 0 Å². The van der Waals surface area contributed by atoms with Gasteiger partial charge in [0.1, 0.15) is 5.56 Å². The first-order valence-electron chi connectivity index (χ1n) is 4.53. The van der Waals surface area contributed by atoms with Crippen LogP contribution in [0.25, 0.3) is 0 Å². The lowest BCUT2D eigenvalue weighted by atomic mass is 10.3. The highest BCUT2D eigenvalue weighted by Gasteiger charge is 2.15. The maximum absolute atomic E-state index is 11.0. The summed E-state index contributed by atoms with van der Waals surface area (Å²) >= 11 is 0. The van der Waals surface area contributed by atoms with Gasteiger partial charge in [-0.25, -0.2) is 4.98 Å². The van der Waals surface area contributed by atoms with E-state index in [2.05, 4.69) is 20.6 Å². The van der Waals surface area contributed by atoms with Gasteiger partial charge in [0.2, 0.25) is 5.82 Å². The van der Waals surface area contributed by atoms with Crippen molar-refractivity contribution in [2.45, 2.75) is 0 Å². The lowest BCUT2D eigenvalue weighted by Crippen LogP contribution is -2.24. The van der Waals surface area contributed by atoms with E-state index in [1.807, 2.05) is 0 Å². The zero-order chi connectivity index (χ0) is 11.3. The first-order chi connectivity index (χ1) is 7.19. The van der Waals surface area contributed by atoms with Crippen LogP contribution in [0.5, 0.6) is 0 Å². The van der Waals surface area contributed by atoms with Crippen molar-refractivity contribution in [3.05, 3.63) is 11.8 Å². The van der Waals surface area contributed by atoms with Crippen LogP contribution < -0.4 is 27.1 Å². The molecule has 0 fully saturated rings. The standard InChI is InChI=1S/C8H14N6O/c1-11-7-5(6(10)15)4-13-8(14-7)12-3-2-9/h4H,2-3,9H2,1H3,(H2,10,15)(H2,11,12,13,14)/p+1. The number of aromatic nitrogens is 2. The molecule has 0 atom stereocenters. The molecule has 15 heavy (non-hydrogen) atoms. The molecule has 0 aliphatic carbocycles. The van der Waals surface area contributed by atoms with Crippen LogP contribution in [0.3, 0.4) is 0 Å². The molecule has 0 radical (unpaired) electrons. The molecule has 7 N–H and O–H groups in total. The number of rotatable bonds is 5. The van der Waals surface area contributed by atoms with Crippen molar-refractivity contribution in [1.29, 1.82) is 0 Å². The molecule has 82 valence electrons. The molecule has 1 rings (SSSR count). The third-order valence-electron chi connectivity index (χ3n) is 1.77. The number of carbonyl (C=O) groups is 1. The summed E-state index contributed by atoms with van der Waals surface area (Å²) in [6, 6.07) is 0. The number of amides is 1. The lowest BCUT2D eigenvalue weighted by Gasteiger charge is -2.01. The van der Waals surface area contributed by atoms with Crippen molar-refractivity contribution in [3.8, 4) is 0 Å². The van der Waals surface area contributed by atoms with Crippen LogP contribution in [-0.2, 0) is 0 Å². The zero-order valence-corrected chi connectivity index (χ0v) is 8.50. The van der Waals surface area contributed by atoms with Crippen LogP contribution in [-0.4, -0.2) is 31.0 Å². The highest BCUT2D eigenvalue weighted by molar-refractivity contribution is 5.97. The number of carbonyl (C=O) groups excluding carboxylic acids is 1. The SMILES string of the molecule is CNc1nc(NCCN)[nH+]cc1C(N)=O. The van der Waals surface area contributed by atoms with Crippen molar-refractivity contribution >= 4 is 17.7 Å². The highest BCUT2D eigenvalue weighted by Crippen LogP contribution is 2.09. The Morgan fingerprint density at radius 2 is 2.40 bits per heavy atom. The van der Waals surface area contributed by atoms with Gasteiger partial charge in [-0.3, -0.25) is 10.1 Å². The highest BCUT2D eigenvalue weighted by atomic mass is 16.1. The average molecular weight is 211 g/mol. The number of hydrogen-bond donors (Lipinski definition) is 4. The second-order valence-electron chi connectivity index (χ2n) is 2.84. The first-order valence-corrected chi connectivity index (χ1v) is 4.53. The van der Waals surface area contributed by atoms with Gasteiger partial charge in [0.15, 0.2) is 0 Å². The zero-order valence-electron chi connectivity index (χ0n) is 8.50. The normalized spacial score (nSPS) is 9.73. The van der Waals surface area contributed by atoms with E-state index in [1.165, 1.54) is 6.20 Å². The molecule has 7 nitrogen and oxygen atoms in total. The first kappa shape index (κ1) is 11.2. The molecule has 1 aromatic heterocycles. The largest absolute Gasteiger partial charge is 0.391 e. The van der Waals surface area contributed by atoms with Crippen LogP contribution in [0.4, 0.5) is 11.8 Å². The summed E-state index contributed by atoms with van der Waals surface area (Å²) in [5.41, 5.74) is 10.8. The Labute approximate surface area is 87.3 Å². The number of aromatic amines is 1. The van der Waals surface area contributed by atoms with Crippen LogP contribution >= 0.6 is 0 Å². The summed E-state index contributed by atoms with van der Waals surface area (Å²) in [4.78, 5) is 17.9. The number of H-pyrrole nitrogens is 1. The second kappa shape index (κ2) is 5.11. The summed E-state index contributed by atoms with van der Waals surface area (Å²) in [7, 11) is 1.67. The fourth-order valence-electron chi connectivity index (χ4n) is 1.07. The van der Waals surface area contributed by atoms with Crippen molar-refractivity contribution in [3.63, 3.8) is 0 Å². The van der Waals surface area contributed by atoms with E-state index in [9.17, 15) is 4.79 Å². The minimum absolute atomic E-state index is 0.316. The van der Waals surface area contributed by atoms with Crippen LogP contribution in [0.1, 0.15) is 10.4 Å². The molecule has 0 spiro atoms. The fraction of sp³-hybridized carbons (Fsp3) is 0.375. The molecule has 0 aromatic carbocycles. The molecule has 0 saturated heterocycles. The van der Waals surface area contributed by atoms with Gasteiger partial charge in [-0.1, -0.05) is 4.98 Å². The summed E-state index contributed by atoms with van der Waals surface area (Å²) in [6.45, 7) is 1.10. The maximum Gasteiger partial charge on any atom is 0.391 e. The van der Waals surface area contributed by atoms with E-state index in [1.54, 1.807) is 7.05 Å². The Bertz CT molecular complexity index is 353. The Morgan fingerprint density at radius 3 is 2.93 bits per heavy atom. The predicted octanol–water partition coefficient (Wildman–Crippen LogP) is -1.59. The van der Waals surface area contributed by atoms with Gasteiger partial charge >= 0.3 is 5.95 Å². The Kier molecular flexibility index (Phi) is 3.81. The number of nitrogens with one attached hydrogen (secondary N) is 3. The number of nitrogens with zero attached hydrogens (tertiary/aromatic N) is 1. The van der Waals surface area contributed by atoms with E-state index in [0.29, 0.717) is 30.4 Å².